The summed E-state index contributed by atoms with van der Waals surface area (Å²) in [6.07, 6.45) is 0.854. The lowest BCUT2D eigenvalue weighted by Gasteiger charge is -2.29. The monoisotopic (exact) mass is 402 g/mol. The van der Waals surface area contributed by atoms with Gasteiger partial charge in [0.1, 0.15) is 11.6 Å². The molecule has 0 bridgehead atoms. The van der Waals surface area contributed by atoms with Crippen molar-refractivity contribution < 1.29 is 14.3 Å². The second kappa shape index (κ2) is 7.09. The minimum atomic E-state index is -0.598. The number of benzene rings is 1. The minimum absolute atomic E-state index is 0.322. The normalized spacial score (nSPS) is 18.0. The average Bonchev–Trinajstić information content (AvgIpc) is 2.94. The highest BCUT2D eigenvalue weighted by Crippen LogP contribution is 2.26. The number of carbonyl (C=O) groups excluding carboxylic acids is 2. The number of halogens is 2. The molecule has 5 nitrogen and oxygen atoms in total. The molecule has 0 spiro atoms. The molecule has 2 rings (SSSR count). The van der Waals surface area contributed by atoms with Crippen LogP contribution in [0.25, 0.3) is 0 Å². The van der Waals surface area contributed by atoms with Gasteiger partial charge in [-0.1, -0.05) is 15.9 Å². The van der Waals surface area contributed by atoms with Crippen molar-refractivity contribution in [1.29, 1.82) is 0 Å². The fraction of sp³-hybridized carbons (Fsp3) is 0.500. The zero-order chi connectivity index (χ0) is 17.2. The van der Waals surface area contributed by atoms with E-state index in [1.165, 1.54) is 4.90 Å². The SMILES string of the molecule is CC(C)(C)OC(=O)N1CCCC1C(=O)N(Cl)c1ccc(Br)cc1. The third-order valence-corrected chi connectivity index (χ3v) is 4.30. The van der Waals surface area contributed by atoms with Gasteiger partial charge in [0.05, 0.1) is 5.69 Å². The quantitative estimate of drug-likeness (QED) is 0.690. The molecule has 0 saturated carbocycles. The average molecular weight is 404 g/mol. The van der Waals surface area contributed by atoms with E-state index in [9.17, 15) is 9.59 Å². The van der Waals surface area contributed by atoms with Crippen molar-refractivity contribution in [3.05, 3.63) is 28.7 Å². The van der Waals surface area contributed by atoms with Crippen LogP contribution in [0.5, 0.6) is 0 Å². The number of carbonyl (C=O) groups is 2. The van der Waals surface area contributed by atoms with Crippen LogP contribution in [0, 0.1) is 0 Å². The number of amides is 2. The van der Waals surface area contributed by atoms with E-state index in [0.717, 1.165) is 15.3 Å². The highest BCUT2D eigenvalue weighted by atomic mass is 79.9. The van der Waals surface area contributed by atoms with E-state index in [-0.39, 0.29) is 5.91 Å². The number of hydrogen-bond acceptors (Lipinski definition) is 3. The van der Waals surface area contributed by atoms with Gasteiger partial charge in [0, 0.05) is 22.8 Å². The fourth-order valence-corrected chi connectivity index (χ4v) is 2.88. The standard InChI is InChI=1S/C16H20BrClN2O3/c1-16(2,3)23-15(22)19-10-4-5-13(19)14(21)20(18)12-8-6-11(17)7-9-12/h6-9,13H,4-5,10H2,1-3H3. The maximum absolute atomic E-state index is 12.6. The lowest BCUT2D eigenvalue weighted by atomic mass is 10.2. The summed E-state index contributed by atoms with van der Waals surface area (Å²) in [5.74, 6) is -0.322. The number of anilines is 1. The van der Waals surface area contributed by atoms with E-state index < -0.39 is 17.7 Å². The largest absolute Gasteiger partial charge is 0.444 e. The summed E-state index contributed by atoms with van der Waals surface area (Å²) >= 11 is 9.52. The Morgan fingerprint density at radius 1 is 1.30 bits per heavy atom. The smallest absolute Gasteiger partial charge is 0.410 e. The molecule has 0 N–H and O–H groups in total. The molecule has 23 heavy (non-hydrogen) atoms. The van der Waals surface area contributed by atoms with Gasteiger partial charge in [-0.15, -0.1) is 0 Å². The molecule has 0 aliphatic carbocycles. The van der Waals surface area contributed by atoms with Crippen molar-refractivity contribution in [2.75, 3.05) is 11.0 Å². The van der Waals surface area contributed by atoms with E-state index in [4.69, 9.17) is 16.5 Å². The molecule has 1 aliphatic rings. The van der Waals surface area contributed by atoms with Crippen molar-refractivity contribution in [2.24, 2.45) is 0 Å². The fourth-order valence-electron chi connectivity index (χ4n) is 2.39. The third-order valence-electron chi connectivity index (χ3n) is 3.41. The Morgan fingerprint density at radius 2 is 1.91 bits per heavy atom. The van der Waals surface area contributed by atoms with E-state index in [2.05, 4.69) is 15.9 Å². The highest BCUT2D eigenvalue weighted by Gasteiger charge is 2.38. The summed E-state index contributed by atoms with van der Waals surface area (Å²) in [5.41, 5.74) is -0.0319. The number of rotatable bonds is 2. The van der Waals surface area contributed by atoms with Gasteiger partial charge >= 0.3 is 6.09 Å². The molecule has 0 radical (unpaired) electrons. The predicted molar refractivity (Wildman–Crippen MR) is 93.4 cm³/mol. The Bertz CT molecular complexity index is 586. The first-order valence-electron chi connectivity index (χ1n) is 7.44. The molecular formula is C16H20BrClN2O3. The summed E-state index contributed by atoms with van der Waals surface area (Å²) in [6.45, 7) is 5.89. The maximum Gasteiger partial charge on any atom is 0.410 e. The number of ether oxygens (including phenoxy) is 1. The molecule has 1 fully saturated rings. The second-order valence-electron chi connectivity index (χ2n) is 6.43. The molecule has 1 saturated heterocycles. The molecule has 1 aromatic carbocycles. The van der Waals surface area contributed by atoms with Gasteiger partial charge in [-0.25, -0.2) is 9.21 Å². The van der Waals surface area contributed by atoms with Crippen LogP contribution in [0.1, 0.15) is 33.6 Å². The predicted octanol–water partition coefficient (Wildman–Crippen LogP) is 4.34. The lowest BCUT2D eigenvalue weighted by molar-refractivity contribution is -0.121. The zero-order valence-electron chi connectivity index (χ0n) is 13.4. The van der Waals surface area contributed by atoms with Crippen LogP contribution in [0.3, 0.4) is 0 Å². The molecule has 0 aromatic heterocycles. The third kappa shape index (κ3) is 4.61. The summed E-state index contributed by atoms with van der Waals surface area (Å²) in [7, 11) is 0. The van der Waals surface area contributed by atoms with Crippen LogP contribution >= 0.6 is 27.7 Å². The Balaban J connectivity index is 2.11. The van der Waals surface area contributed by atoms with Gasteiger partial charge in [-0.2, -0.15) is 0 Å². The van der Waals surface area contributed by atoms with Crippen LogP contribution in [0.15, 0.2) is 28.7 Å². The van der Waals surface area contributed by atoms with Crippen molar-refractivity contribution in [2.45, 2.75) is 45.3 Å². The molecular weight excluding hydrogens is 384 g/mol. The van der Waals surface area contributed by atoms with Crippen LogP contribution in [0.4, 0.5) is 10.5 Å². The van der Waals surface area contributed by atoms with E-state index in [0.29, 0.717) is 18.7 Å². The van der Waals surface area contributed by atoms with Gasteiger partial charge in [0.25, 0.3) is 5.91 Å². The molecule has 126 valence electrons. The van der Waals surface area contributed by atoms with E-state index in [1.807, 2.05) is 0 Å². The summed E-state index contributed by atoms with van der Waals surface area (Å²) in [5, 5.41) is 0. The second-order valence-corrected chi connectivity index (χ2v) is 7.68. The Labute approximate surface area is 149 Å². The molecule has 7 heteroatoms. The van der Waals surface area contributed by atoms with Crippen molar-refractivity contribution >= 4 is 45.4 Å². The van der Waals surface area contributed by atoms with Gasteiger partial charge in [-0.05, 0) is 57.9 Å². The van der Waals surface area contributed by atoms with Crippen LogP contribution in [0.2, 0.25) is 0 Å². The van der Waals surface area contributed by atoms with Gasteiger partial charge in [0.2, 0.25) is 0 Å². The first-order valence-corrected chi connectivity index (χ1v) is 8.57. The van der Waals surface area contributed by atoms with Gasteiger partial charge < -0.3 is 4.74 Å². The molecule has 1 unspecified atom stereocenters. The van der Waals surface area contributed by atoms with E-state index in [1.54, 1.807) is 45.0 Å². The number of nitrogens with zero attached hydrogens (tertiary/aromatic N) is 2. The van der Waals surface area contributed by atoms with Crippen molar-refractivity contribution in [1.82, 2.24) is 4.90 Å². The van der Waals surface area contributed by atoms with Crippen LogP contribution in [-0.2, 0) is 9.53 Å². The topological polar surface area (TPSA) is 49.9 Å². The summed E-state index contributed by atoms with van der Waals surface area (Å²) < 4.78 is 7.34. The van der Waals surface area contributed by atoms with Crippen LogP contribution in [-0.4, -0.2) is 35.1 Å². The van der Waals surface area contributed by atoms with Crippen molar-refractivity contribution in [3.63, 3.8) is 0 Å². The summed E-state index contributed by atoms with van der Waals surface area (Å²) in [6, 6.07) is 6.49. The molecule has 1 heterocycles. The van der Waals surface area contributed by atoms with E-state index >= 15 is 0 Å². The molecule has 1 aliphatic heterocycles. The Morgan fingerprint density at radius 3 is 2.48 bits per heavy atom. The zero-order valence-corrected chi connectivity index (χ0v) is 15.7. The molecule has 1 aromatic rings. The van der Waals surface area contributed by atoms with Gasteiger partial charge in [-0.3, -0.25) is 9.69 Å². The Kier molecular flexibility index (Phi) is 5.57. The first kappa shape index (κ1) is 18.1. The lowest BCUT2D eigenvalue weighted by Crippen LogP contribution is -2.47. The number of hydrogen-bond donors (Lipinski definition) is 0. The Hall–Kier alpha value is -1.27. The summed E-state index contributed by atoms with van der Waals surface area (Å²) in [4.78, 5) is 26.4. The highest BCUT2D eigenvalue weighted by molar-refractivity contribution is 9.10. The molecule has 1 atom stereocenters. The first-order chi connectivity index (χ1) is 10.7. The molecule has 2 amide bonds. The van der Waals surface area contributed by atoms with Crippen molar-refractivity contribution in [3.8, 4) is 0 Å². The number of likely N-dealkylation sites (tertiary alicyclic amines) is 1. The van der Waals surface area contributed by atoms with Gasteiger partial charge in [0.15, 0.2) is 0 Å². The minimum Gasteiger partial charge on any atom is -0.444 e. The maximum atomic E-state index is 12.6. The van der Waals surface area contributed by atoms with Crippen LogP contribution < -0.4 is 4.42 Å².